The number of nitrogens with zero attached hydrogens (tertiary/aromatic N) is 1. The van der Waals surface area contributed by atoms with Gasteiger partial charge in [0.25, 0.3) is 0 Å². The molecule has 106 valence electrons. The van der Waals surface area contributed by atoms with Gasteiger partial charge in [0.2, 0.25) is 5.91 Å². The lowest BCUT2D eigenvalue weighted by Gasteiger charge is -2.27. The third-order valence-corrected chi connectivity index (χ3v) is 3.52. The Balaban J connectivity index is 0.00000180. The number of hydrogen-bond acceptors (Lipinski definition) is 2. The minimum Gasteiger partial charge on any atom is -0.340 e. The summed E-state index contributed by atoms with van der Waals surface area (Å²) in [4.78, 5) is 14.1. The van der Waals surface area contributed by atoms with Crippen LogP contribution >= 0.6 is 12.4 Å². The average Bonchev–Trinajstić information content (AvgIpc) is 2.41. The molecule has 0 saturated carbocycles. The Bertz CT molecular complexity index is 399. The quantitative estimate of drug-likeness (QED) is 0.924. The van der Waals surface area contributed by atoms with E-state index in [0.29, 0.717) is 6.54 Å². The zero-order valence-corrected chi connectivity index (χ0v) is 12.5. The van der Waals surface area contributed by atoms with Crippen molar-refractivity contribution in [2.75, 3.05) is 13.6 Å². The molecular formula is C15H23ClN2O. The van der Waals surface area contributed by atoms with E-state index in [1.807, 2.05) is 11.9 Å². The largest absolute Gasteiger partial charge is 0.340 e. The smallest absolute Gasteiger partial charge is 0.239 e. The molecule has 1 aliphatic heterocycles. The summed E-state index contributed by atoms with van der Waals surface area (Å²) in [7, 11) is 1.89. The molecule has 0 unspecified atom stereocenters. The van der Waals surface area contributed by atoms with Crippen LogP contribution in [0.25, 0.3) is 0 Å². The van der Waals surface area contributed by atoms with Gasteiger partial charge in [-0.25, -0.2) is 0 Å². The van der Waals surface area contributed by atoms with Crippen LogP contribution in [0, 0.1) is 6.92 Å². The molecular weight excluding hydrogens is 260 g/mol. The van der Waals surface area contributed by atoms with E-state index in [4.69, 9.17) is 0 Å². The van der Waals surface area contributed by atoms with E-state index >= 15 is 0 Å². The molecule has 0 aliphatic carbocycles. The molecule has 1 saturated heterocycles. The first kappa shape index (κ1) is 16.0. The van der Waals surface area contributed by atoms with Crippen LogP contribution in [-0.4, -0.2) is 30.4 Å². The van der Waals surface area contributed by atoms with Crippen molar-refractivity contribution >= 4 is 18.3 Å². The van der Waals surface area contributed by atoms with Gasteiger partial charge in [0.15, 0.2) is 0 Å². The Morgan fingerprint density at radius 2 is 2.00 bits per heavy atom. The van der Waals surface area contributed by atoms with Crippen molar-refractivity contribution in [3.63, 3.8) is 0 Å². The second-order valence-electron chi connectivity index (χ2n) is 5.18. The molecule has 1 heterocycles. The number of carbonyl (C=O) groups excluding carboxylic acids is 1. The topological polar surface area (TPSA) is 32.3 Å². The van der Waals surface area contributed by atoms with E-state index in [1.165, 1.54) is 17.5 Å². The van der Waals surface area contributed by atoms with E-state index in [2.05, 4.69) is 36.5 Å². The standard InChI is InChI=1S/C15H22N2O.ClH/c1-12-6-8-13(9-7-12)11-17(2)15(18)14-5-3-4-10-16-14;/h6-9,14,16H,3-5,10-11H2,1-2H3;1H/t14-;/m1./s1. The number of amides is 1. The van der Waals surface area contributed by atoms with Crippen molar-refractivity contribution in [3.8, 4) is 0 Å². The molecule has 0 bridgehead atoms. The van der Waals surface area contributed by atoms with Crippen LogP contribution in [0.4, 0.5) is 0 Å². The van der Waals surface area contributed by atoms with Gasteiger partial charge in [-0.3, -0.25) is 4.79 Å². The van der Waals surface area contributed by atoms with Crippen molar-refractivity contribution < 1.29 is 4.79 Å². The van der Waals surface area contributed by atoms with Crippen molar-refractivity contribution in [2.24, 2.45) is 0 Å². The number of likely N-dealkylation sites (N-methyl/N-ethyl adjacent to an activating group) is 1. The molecule has 1 fully saturated rings. The molecule has 1 atom stereocenters. The maximum atomic E-state index is 12.2. The number of aryl methyl sites for hydroxylation is 1. The molecule has 1 amide bonds. The Labute approximate surface area is 121 Å². The molecule has 0 aromatic heterocycles. The highest BCUT2D eigenvalue weighted by Gasteiger charge is 2.23. The Hall–Kier alpha value is -1.06. The third kappa shape index (κ3) is 4.51. The highest BCUT2D eigenvalue weighted by Crippen LogP contribution is 2.11. The fourth-order valence-corrected chi connectivity index (χ4v) is 2.37. The van der Waals surface area contributed by atoms with Crippen molar-refractivity contribution in [1.29, 1.82) is 0 Å². The molecule has 3 nitrogen and oxygen atoms in total. The minimum absolute atomic E-state index is 0. The van der Waals surface area contributed by atoms with E-state index in [-0.39, 0.29) is 24.4 Å². The summed E-state index contributed by atoms with van der Waals surface area (Å²) in [5.41, 5.74) is 2.44. The van der Waals surface area contributed by atoms with Crippen molar-refractivity contribution in [1.82, 2.24) is 10.2 Å². The lowest BCUT2D eigenvalue weighted by molar-refractivity contribution is -0.133. The summed E-state index contributed by atoms with van der Waals surface area (Å²) in [6.45, 7) is 3.73. The SMILES string of the molecule is Cc1ccc(CN(C)C(=O)[C@H]2CCCCN2)cc1.Cl. The number of piperidine rings is 1. The predicted molar refractivity (Wildman–Crippen MR) is 80.5 cm³/mol. The average molecular weight is 283 g/mol. The van der Waals surface area contributed by atoms with Crippen molar-refractivity contribution in [3.05, 3.63) is 35.4 Å². The van der Waals surface area contributed by atoms with E-state index in [9.17, 15) is 4.79 Å². The van der Waals surface area contributed by atoms with Gasteiger partial charge in [-0.1, -0.05) is 36.2 Å². The van der Waals surface area contributed by atoms with Crippen LogP contribution in [0.5, 0.6) is 0 Å². The van der Waals surface area contributed by atoms with Crippen LogP contribution in [0.15, 0.2) is 24.3 Å². The van der Waals surface area contributed by atoms with E-state index < -0.39 is 0 Å². The monoisotopic (exact) mass is 282 g/mol. The van der Waals surface area contributed by atoms with Gasteiger partial charge in [0, 0.05) is 13.6 Å². The molecule has 1 aromatic rings. The normalized spacial score (nSPS) is 18.5. The fourth-order valence-electron chi connectivity index (χ4n) is 2.37. The zero-order valence-electron chi connectivity index (χ0n) is 11.7. The summed E-state index contributed by atoms with van der Waals surface area (Å²) in [5, 5.41) is 3.30. The van der Waals surface area contributed by atoms with Crippen LogP contribution in [-0.2, 0) is 11.3 Å². The molecule has 1 aromatic carbocycles. The van der Waals surface area contributed by atoms with Gasteiger partial charge in [0.1, 0.15) is 0 Å². The lowest BCUT2D eigenvalue weighted by atomic mass is 10.0. The van der Waals surface area contributed by atoms with E-state index in [0.717, 1.165) is 19.4 Å². The maximum Gasteiger partial charge on any atom is 0.239 e. The molecule has 1 N–H and O–H groups in total. The second-order valence-corrected chi connectivity index (χ2v) is 5.18. The number of halogens is 1. The Morgan fingerprint density at radius 1 is 1.32 bits per heavy atom. The van der Waals surface area contributed by atoms with Crippen LogP contribution in [0.1, 0.15) is 30.4 Å². The number of benzene rings is 1. The predicted octanol–water partition coefficient (Wildman–Crippen LogP) is 2.52. The third-order valence-electron chi connectivity index (χ3n) is 3.52. The molecule has 19 heavy (non-hydrogen) atoms. The molecule has 0 radical (unpaired) electrons. The van der Waals surface area contributed by atoms with Crippen LogP contribution in [0.2, 0.25) is 0 Å². The Morgan fingerprint density at radius 3 is 2.58 bits per heavy atom. The minimum atomic E-state index is 0. The summed E-state index contributed by atoms with van der Waals surface area (Å²) in [5.74, 6) is 0.218. The lowest BCUT2D eigenvalue weighted by Crippen LogP contribution is -2.46. The van der Waals surface area contributed by atoms with Gasteiger partial charge < -0.3 is 10.2 Å². The van der Waals surface area contributed by atoms with Gasteiger partial charge in [-0.2, -0.15) is 0 Å². The van der Waals surface area contributed by atoms with E-state index in [1.54, 1.807) is 0 Å². The zero-order chi connectivity index (χ0) is 13.0. The first-order valence-electron chi connectivity index (χ1n) is 6.71. The summed E-state index contributed by atoms with van der Waals surface area (Å²) < 4.78 is 0. The first-order valence-corrected chi connectivity index (χ1v) is 6.71. The highest BCUT2D eigenvalue weighted by molar-refractivity contribution is 5.85. The highest BCUT2D eigenvalue weighted by atomic mass is 35.5. The number of hydrogen-bond donors (Lipinski definition) is 1. The molecule has 0 spiro atoms. The number of nitrogens with one attached hydrogen (secondary N) is 1. The van der Waals surface area contributed by atoms with Crippen molar-refractivity contribution in [2.45, 2.75) is 38.8 Å². The summed E-state index contributed by atoms with van der Waals surface area (Å²) in [6.07, 6.45) is 3.31. The molecule has 4 heteroatoms. The van der Waals surface area contributed by atoms with Crippen LogP contribution < -0.4 is 5.32 Å². The summed E-state index contributed by atoms with van der Waals surface area (Å²) >= 11 is 0. The number of rotatable bonds is 3. The maximum absolute atomic E-state index is 12.2. The summed E-state index contributed by atoms with van der Waals surface area (Å²) in [6, 6.07) is 8.38. The molecule has 2 rings (SSSR count). The fraction of sp³-hybridized carbons (Fsp3) is 0.533. The van der Waals surface area contributed by atoms with Crippen LogP contribution in [0.3, 0.4) is 0 Å². The van der Waals surface area contributed by atoms with Gasteiger partial charge in [0.05, 0.1) is 6.04 Å². The number of carbonyl (C=O) groups is 1. The molecule has 1 aliphatic rings. The van der Waals surface area contributed by atoms with Gasteiger partial charge in [-0.15, -0.1) is 12.4 Å². The Kier molecular flexibility index (Phi) is 6.32. The van der Waals surface area contributed by atoms with Gasteiger partial charge in [-0.05, 0) is 31.9 Å². The van der Waals surface area contributed by atoms with Gasteiger partial charge >= 0.3 is 0 Å². The second kappa shape index (κ2) is 7.51. The first-order chi connectivity index (χ1) is 8.66.